The van der Waals surface area contributed by atoms with Gasteiger partial charge in [-0.2, -0.15) is 0 Å². The van der Waals surface area contributed by atoms with Gasteiger partial charge in [0, 0.05) is 12.6 Å². The van der Waals surface area contributed by atoms with Gasteiger partial charge < -0.3 is 0 Å². The number of carbonyl (C=O) groups excluding carboxylic acids is 1. The van der Waals surface area contributed by atoms with E-state index in [2.05, 4.69) is 4.98 Å². The van der Waals surface area contributed by atoms with Gasteiger partial charge in [0.1, 0.15) is 0 Å². The van der Waals surface area contributed by atoms with Gasteiger partial charge >= 0.3 is 0 Å². The van der Waals surface area contributed by atoms with Gasteiger partial charge in [0.05, 0.1) is 11.8 Å². The summed E-state index contributed by atoms with van der Waals surface area (Å²) in [5.74, 6) is -0.110. The molecule has 2 rings (SSSR count). The number of Topliss-reactive ketones (excluding diaryl/α,β-unsaturated/α-hetero) is 1. The Labute approximate surface area is 82.2 Å². The second-order valence-electron chi connectivity index (χ2n) is 3.78. The summed E-state index contributed by atoms with van der Waals surface area (Å²) in [6, 6.07) is 1.45. The highest BCUT2D eigenvalue weighted by atomic mass is 19.1. The number of hydrogen-bond donors (Lipinski definition) is 0. The lowest BCUT2D eigenvalue weighted by atomic mass is 9.81. The summed E-state index contributed by atoms with van der Waals surface area (Å²) in [6.07, 6.45) is 6.46. The average Bonchev–Trinajstić information content (AvgIpc) is 2.12. The first-order valence-electron chi connectivity index (χ1n) is 4.90. The van der Waals surface area contributed by atoms with Crippen molar-refractivity contribution in [3.8, 4) is 0 Å². The van der Waals surface area contributed by atoms with E-state index in [1.54, 1.807) is 0 Å². The van der Waals surface area contributed by atoms with Crippen LogP contribution in [0.3, 0.4) is 0 Å². The zero-order valence-corrected chi connectivity index (χ0v) is 7.87. The highest BCUT2D eigenvalue weighted by molar-refractivity contribution is 5.96. The summed E-state index contributed by atoms with van der Waals surface area (Å²) in [7, 11) is 0. The highest BCUT2D eigenvalue weighted by Crippen LogP contribution is 2.30. The van der Waals surface area contributed by atoms with Gasteiger partial charge in [0.25, 0.3) is 0 Å². The predicted molar refractivity (Wildman–Crippen MR) is 50.5 cm³/mol. The fourth-order valence-corrected chi connectivity index (χ4v) is 1.67. The molecule has 0 bridgehead atoms. The Morgan fingerprint density at radius 2 is 2.36 bits per heavy atom. The van der Waals surface area contributed by atoms with E-state index in [-0.39, 0.29) is 11.3 Å². The minimum Gasteiger partial charge on any atom is -0.294 e. The first-order chi connectivity index (χ1) is 6.77. The monoisotopic (exact) mass is 193 g/mol. The van der Waals surface area contributed by atoms with Crippen molar-refractivity contribution in [1.29, 1.82) is 0 Å². The molecule has 2 nitrogen and oxygen atoms in total. The van der Waals surface area contributed by atoms with Crippen LogP contribution in [0.25, 0.3) is 0 Å². The summed E-state index contributed by atoms with van der Waals surface area (Å²) >= 11 is 0. The molecule has 1 aromatic heterocycles. The molecule has 0 atom stereocenters. The molecule has 0 aromatic carbocycles. The van der Waals surface area contributed by atoms with Gasteiger partial charge in [0.2, 0.25) is 0 Å². The van der Waals surface area contributed by atoms with Crippen molar-refractivity contribution in [3.05, 3.63) is 29.8 Å². The zero-order valence-electron chi connectivity index (χ0n) is 7.87. The van der Waals surface area contributed by atoms with E-state index in [0.29, 0.717) is 12.3 Å². The average molecular weight is 193 g/mol. The van der Waals surface area contributed by atoms with Crippen LogP contribution < -0.4 is 0 Å². The van der Waals surface area contributed by atoms with Crippen LogP contribution in [0.1, 0.15) is 36.0 Å². The van der Waals surface area contributed by atoms with Crippen LogP contribution >= 0.6 is 0 Å². The van der Waals surface area contributed by atoms with Crippen LogP contribution in [-0.4, -0.2) is 10.8 Å². The number of rotatable bonds is 3. The van der Waals surface area contributed by atoms with E-state index < -0.39 is 5.82 Å². The fourth-order valence-electron chi connectivity index (χ4n) is 1.67. The molecule has 1 fully saturated rings. The molecule has 0 N–H and O–H groups in total. The Kier molecular flexibility index (Phi) is 2.57. The number of hydrogen-bond acceptors (Lipinski definition) is 2. The van der Waals surface area contributed by atoms with Crippen LogP contribution in [0.5, 0.6) is 0 Å². The van der Waals surface area contributed by atoms with Gasteiger partial charge in [-0.3, -0.25) is 9.78 Å². The largest absolute Gasteiger partial charge is 0.294 e. The summed E-state index contributed by atoms with van der Waals surface area (Å²) in [5, 5.41) is 0. The molecule has 0 saturated heterocycles. The minimum absolute atomic E-state index is 0.0883. The van der Waals surface area contributed by atoms with Gasteiger partial charge in [-0.25, -0.2) is 4.39 Å². The molecular weight excluding hydrogens is 181 g/mol. The third-order valence-electron chi connectivity index (χ3n) is 2.77. The molecule has 0 unspecified atom stereocenters. The number of pyridine rings is 1. The lowest BCUT2D eigenvalue weighted by molar-refractivity contribution is 0.0932. The van der Waals surface area contributed by atoms with E-state index in [9.17, 15) is 9.18 Å². The second kappa shape index (κ2) is 3.86. The van der Waals surface area contributed by atoms with Crippen molar-refractivity contribution in [2.24, 2.45) is 5.92 Å². The van der Waals surface area contributed by atoms with Crippen molar-refractivity contribution < 1.29 is 9.18 Å². The maximum atomic E-state index is 13.1. The molecule has 0 radical (unpaired) electrons. The van der Waals surface area contributed by atoms with Gasteiger partial charge in [0.15, 0.2) is 11.6 Å². The van der Waals surface area contributed by atoms with Crippen molar-refractivity contribution in [2.75, 3.05) is 0 Å². The summed E-state index contributed by atoms with van der Waals surface area (Å²) in [6.45, 7) is 0. The second-order valence-corrected chi connectivity index (χ2v) is 3.78. The topological polar surface area (TPSA) is 30.0 Å². The van der Waals surface area contributed by atoms with E-state index >= 15 is 0 Å². The Morgan fingerprint density at radius 3 is 2.93 bits per heavy atom. The molecule has 0 aliphatic heterocycles. The quantitative estimate of drug-likeness (QED) is 0.690. The number of carbonyl (C=O) groups is 1. The molecule has 14 heavy (non-hydrogen) atoms. The Bertz CT molecular complexity index is 347. The Morgan fingerprint density at radius 1 is 1.57 bits per heavy atom. The first-order valence-corrected chi connectivity index (χ1v) is 4.90. The zero-order chi connectivity index (χ0) is 9.97. The van der Waals surface area contributed by atoms with Crippen molar-refractivity contribution >= 4 is 5.78 Å². The van der Waals surface area contributed by atoms with E-state index in [4.69, 9.17) is 0 Å². The van der Waals surface area contributed by atoms with Crippen LogP contribution in [0.2, 0.25) is 0 Å². The number of halogens is 1. The third-order valence-corrected chi connectivity index (χ3v) is 2.77. The fraction of sp³-hybridized carbons (Fsp3) is 0.455. The van der Waals surface area contributed by atoms with Gasteiger partial charge in [-0.15, -0.1) is 0 Å². The smallest absolute Gasteiger partial charge is 0.166 e. The molecule has 0 spiro atoms. The summed E-state index contributed by atoms with van der Waals surface area (Å²) in [5.41, 5.74) is 0.187. The lowest BCUT2D eigenvalue weighted by Gasteiger charge is -2.24. The molecule has 1 saturated carbocycles. The number of ketones is 1. The van der Waals surface area contributed by atoms with Crippen LogP contribution in [-0.2, 0) is 0 Å². The maximum absolute atomic E-state index is 13.1. The normalized spacial score (nSPS) is 16.4. The lowest BCUT2D eigenvalue weighted by Crippen LogP contribution is -2.16. The molecule has 0 amide bonds. The van der Waals surface area contributed by atoms with E-state index in [1.807, 2.05) is 0 Å². The molecular formula is C11H12FNO. The first kappa shape index (κ1) is 9.31. The van der Waals surface area contributed by atoms with Crippen LogP contribution in [0, 0.1) is 11.7 Å². The molecule has 74 valence electrons. The van der Waals surface area contributed by atoms with Crippen molar-refractivity contribution in [1.82, 2.24) is 4.98 Å². The Balaban J connectivity index is 2.06. The number of aromatic nitrogens is 1. The number of nitrogens with zero attached hydrogens (tertiary/aromatic N) is 1. The van der Waals surface area contributed by atoms with E-state index in [1.165, 1.54) is 18.7 Å². The highest BCUT2D eigenvalue weighted by Gasteiger charge is 2.22. The summed E-state index contributed by atoms with van der Waals surface area (Å²) in [4.78, 5) is 15.2. The van der Waals surface area contributed by atoms with Gasteiger partial charge in [-0.05, 0) is 12.0 Å². The molecule has 1 heterocycles. The summed E-state index contributed by atoms with van der Waals surface area (Å²) < 4.78 is 13.1. The third kappa shape index (κ3) is 1.81. The minimum atomic E-state index is -0.503. The van der Waals surface area contributed by atoms with E-state index in [0.717, 1.165) is 19.0 Å². The van der Waals surface area contributed by atoms with Crippen molar-refractivity contribution in [2.45, 2.75) is 25.7 Å². The Hall–Kier alpha value is -1.25. The van der Waals surface area contributed by atoms with Crippen LogP contribution in [0.15, 0.2) is 18.5 Å². The SMILES string of the molecule is O=C(CC1CCC1)c1ccncc1F. The molecule has 1 aliphatic carbocycles. The molecule has 1 aliphatic rings. The standard InChI is InChI=1S/C11H12FNO/c12-10-7-13-5-4-9(10)11(14)6-8-2-1-3-8/h4-5,7-8H,1-3,6H2. The molecule has 1 aromatic rings. The predicted octanol–water partition coefficient (Wildman–Crippen LogP) is 2.59. The molecule has 3 heteroatoms. The van der Waals surface area contributed by atoms with Crippen molar-refractivity contribution in [3.63, 3.8) is 0 Å². The maximum Gasteiger partial charge on any atom is 0.166 e. The van der Waals surface area contributed by atoms with Crippen LogP contribution in [0.4, 0.5) is 4.39 Å². The van der Waals surface area contributed by atoms with Gasteiger partial charge in [-0.1, -0.05) is 19.3 Å².